The van der Waals surface area contributed by atoms with E-state index in [1.54, 1.807) is 6.92 Å². The van der Waals surface area contributed by atoms with Gasteiger partial charge < -0.3 is 4.79 Å². The lowest BCUT2D eigenvalue weighted by Gasteiger charge is -1.99. The van der Waals surface area contributed by atoms with Gasteiger partial charge in [0.1, 0.15) is 5.78 Å². The smallest absolute Gasteiger partial charge is 0.129 e. The van der Waals surface area contributed by atoms with E-state index in [2.05, 4.69) is 18.0 Å². The lowest BCUT2D eigenvalue weighted by atomic mass is 10.1. The summed E-state index contributed by atoms with van der Waals surface area (Å²) in [6.45, 7) is 3.68. The number of pyridine rings is 1. The van der Waals surface area contributed by atoms with Crippen molar-refractivity contribution in [3.05, 3.63) is 29.6 Å². The molecule has 0 aliphatic heterocycles. The average Bonchev–Trinajstić information content (AvgIpc) is 2.03. The average molecular weight is 177 g/mol. The van der Waals surface area contributed by atoms with Crippen molar-refractivity contribution in [3.63, 3.8) is 0 Å². The molecular formula is C11H15NO. The number of ketones is 1. The second-order valence-electron chi connectivity index (χ2n) is 3.38. The Morgan fingerprint density at radius 1 is 1.54 bits per heavy atom. The second kappa shape index (κ2) is 4.75. The minimum absolute atomic E-state index is 0.257. The molecule has 0 N–H and O–H groups in total. The van der Waals surface area contributed by atoms with Crippen LogP contribution in [0.1, 0.15) is 31.0 Å². The van der Waals surface area contributed by atoms with E-state index in [0.717, 1.165) is 18.5 Å². The molecule has 0 aliphatic rings. The van der Waals surface area contributed by atoms with Gasteiger partial charge in [0.25, 0.3) is 0 Å². The van der Waals surface area contributed by atoms with Crippen molar-refractivity contribution in [3.8, 4) is 0 Å². The van der Waals surface area contributed by atoms with Crippen LogP contribution in [0, 0.1) is 6.92 Å². The quantitative estimate of drug-likeness (QED) is 0.706. The number of hydrogen-bond donors (Lipinski definition) is 0. The first kappa shape index (κ1) is 9.90. The summed E-state index contributed by atoms with van der Waals surface area (Å²) in [7, 11) is 0. The van der Waals surface area contributed by atoms with Crippen LogP contribution in [0.3, 0.4) is 0 Å². The number of hydrogen-bond acceptors (Lipinski definition) is 2. The first-order valence-corrected chi connectivity index (χ1v) is 4.59. The molecule has 1 aromatic heterocycles. The number of carbonyl (C=O) groups excluding carboxylic acids is 1. The second-order valence-corrected chi connectivity index (χ2v) is 3.38. The first-order valence-electron chi connectivity index (χ1n) is 4.59. The van der Waals surface area contributed by atoms with Crippen LogP contribution in [-0.4, -0.2) is 10.8 Å². The van der Waals surface area contributed by atoms with Crippen molar-refractivity contribution in [1.82, 2.24) is 4.98 Å². The molecule has 0 saturated heterocycles. The highest BCUT2D eigenvalue weighted by Gasteiger charge is 1.97. The molecule has 70 valence electrons. The van der Waals surface area contributed by atoms with E-state index in [1.165, 1.54) is 5.56 Å². The molecule has 0 unspecified atom stereocenters. The van der Waals surface area contributed by atoms with Crippen LogP contribution in [0.15, 0.2) is 18.3 Å². The number of rotatable bonds is 4. The van der Waals surface area contributed by atoms with E-state index in [0.29, 0.717) is 6.42 Å². The van der Waals surface area contributed by atoms with Gasteiger partial charge in [0, 0.05) is 18.3 Å². The molecule has 0 amide bonds. The summed E-state index contributed by atoms with van der Waals surface area (Å²) < 4.78 is 0. The predicted molar refractivity (Wildman–Crippen MR) is 52.6 cm³/mol. The van der Waals surface area contributed by atoms with Gasteiger partial charge in [0.15, 0.2) is 0 Å². The summed E-state index contributed by atoms with van der Waals surface area (Å²) in [6.07, 6.45) is 4.29. The van der Waals surface area contributed by atoms with Crippen molar-refractivity contribution in [2.24, 2.45) is 0 Å². The molecule has 1 heterocycles. The van der Waals surface area contributed by atoms with Gasteiger partial charge in [-0.3, -0.25) is 4.98 Å². The van der Waals surface area contributed by atoms with Crippen molar-refractivity contribution in [1.29, 1.82) is 0 Å². The van der Waals surface area contributed by atoms with Crippen molar-refractivity contribution >= 4 is 5.78 Å². The molecule has 2 heteroatoms. The monoisotopic (exact) mass is 177 g/mol. The molecule has 0 spiro atoms. The van der Waals surface area contributed by atoms with E-state index in [-0.39, 0.29) is 5.78 Å². The standard InChI is InChI=1S/C11H15NO/c1-9-6-7-12-11(8-9)5-3-4-10(2)13/h6-8H,3-5H2,1-2H3. The van der Waals surface area contributed by atoms with E-state index in [9.17, 15) is 4.79 Å². The fourth-order valence-corrected chi connectivity index (χ4v) is 1.25. The summed E-state index contributed by atoms with van der Waals surface area (Å²) in [6, 6.07) is 4.05. The van der Waals surface area contributed by atoms with E-state index in [1.807, 2.05) is 12.3 Å². The Balaban J connectivity index is 2.41. The van der Waals surface area contributed by atoms with Crippen molar-refractivity contribution in [2.75, 3.05) is 0 Å². The summed E-state index contributed by atoms with van der Waals surface area (Å²) in [4.78, 5) is 14.9. The van der Waals surface area contributed by atoms with Crippen LogP contribution in [0.5, 0.6) is 0 Å². The fraction of sp³-hybridized carbons (Fsp3) is 0.455. The Labute approximate surface area is 79.0 Å². The maximum absolute atomic E-state index is 10.7. The van der Waals surface area contributed by atoms with Gasteiger partial charge in [-0.05, 0) is 44.4 Å². The summed E-state index contributed by atoms with van der Waals surface area (Å²) >= 11 is 0. The van der Waals surface area contributed by atoms with Gasteiger partial charge in [-0.2, -0.15) is 0 Å². The third-order valence-electron chi connectivity index (χ3n) is 1.93. The van der Waals surface area contributed by atoms with Crippen LogP contribution >= 0.6 is 0 Å². The molecule has 0 bridgehead atoms. The number of Topliss-reactive ketones (excluding diaryl/α,β-unsaturated/α-hetero) is 1. The minimum atomic E-state index is 0.257. The number of aromatic nitrogens is 1. The van der Waals surface area contributed by atoms with E-state index < -0.39 is 0 Å². The molecule has 0 atom stereocenters. The minimum Gasteiger partial charge on any atom is -0.300 e. The maximum atomic E-state index is 10.7. The molecule has 0 saturated carbocycles. The van der Waals surface area contributed by atoms with Crippen molar-refractivity contribution < 1.29 is 4.79 Å². The highest BCUT2D eigenvalue weighted by molar-refractivity contribution is 5.75. The molecule has 2 nitrogen and oxygen atoms in total. The van der Waals surface area contributed by atoms with Crippen LogP contribution in [-0.2, 0) is 11.2 Å². The molecule has 1 aromatic rings. The Morgan fingerprint density at radius 3 is 2.92 bits per heavy atom. The molecule has 0 aromatic carbocycles. The van der Waals surface area contributed by atoms with Gasteiger partial charge >= 0.3 is 0 Å². The van der Waals surface area contributed by atoms with Crippen LogP contribution < -0.4 is 0 Å². The third kappa shape index (κ3) is 3.83. The molecular weight excluding hydrogens is 162 g/mol. The SMILES string of the molecule is CC(=O)CCCc1cc(C)ccn1. The third-order valence-corrected chi connectivity index (χ3v) is 1.93. The lowest BCUT2D eigenvalue weighted by molar-refractivity contribution is -0.117. The van der Waals surface area contributed by atoms with E-state index in [4.69, 9.17) is 0 Å². The highest BCUT2D eigenvalue weighted by Crippen LogP contribution is 2.04. The van der Waals surface area contributed by atoms with Crippen LogP contribution in [0.2, 0.25) is 0 Å². The molecule has 0 radical (unpaired) electrons. The van der Waals surface area contributed by atoms with Gasteiger partial charge in [-0.25, -0.2) is 0 Å². The normalized spacial score (nSPS) is 10.0. The van der Waals surface area contributed by atoms with Gasteiger partial charge in [-0.1, -0.05) is 0 Å². The molecule has 0 fully saturated rings. The Bertz CT molecular complexity index is 294. The molecule has 0 aliphatic carbocycles. The molecule has 1 rings (SSSR count). The first-order chi connectivity index (χ1) is 6.18. The Kier molecular flexibility index (Phi) is 3.62. The molecule has 13 heavy (non-hydrogen) atoms. The van der Waals surface area contributed by atoms with Gasteiger partial charge in [0.2, 0.25) is 0 Å². The zero-order chi connectivity index (χ0) is 9.68. The number of carbonyl (C=O) groups is 1. The zero-order valence-electron chi connectivity index (χ0n) is 8.21. The Morgan fingerprint density at radius 2 is 2.31 bits per heavy atom. The van der Waals surface area contributed by atoms with Crippen molar-refractivity contribution in [2.45, 2.75) is 33.1 Å². The number of aryl methyl sites for hydroxylation is 2. The van der Waals surface area contributed by atoms with Crippen LogP contribution in [0.4, 0.5) is 0 Å². The fourth-order valence-electron chi connectivity index (χ4n) is 1.25. The summed E-state index contributed by atoms with van der Waals surface area (Å²) in [5.41, 5.74) is 2.31. The summed E-state index contributed by atoms with van der Waals surface area (Å²) in [5, 5.41) is 0. The largest absolute Gasteiger partial charge is 0.300 e. The summed E-state index contributed by atoms with van der Waals surface area (Å²) in [5.74, 6) is 0.257. The van der Waals surface area contributed by atoms with Gasteiger partial charge in [-0.15, -0.1) is 0 Å². The highest BCUT2D eigenvalue weighted by atomic mass is 16.1. The topological polar surface area (TPSA) is 30.0 Å². The zero-order valence-corrected chi connectivity index (χ0v) is 8.21. The maximum Gasteiger partial charge on any atom is 0.129 e. The van der Waals surface area contributed by atoms with E-state index >= 15 is 0 Å². The van der Waals surface area contributed by atoms with Gasteiger partial charge in [0.05, 0.1) is 0 Å². The predicted octanol–water partition coefficient (Wildman–Crippen LogP) is 2.30. The Hall–Kier alpha value is -1.18. The van der Waals surface area contributed by atoms with Crippen LogP contribution in [0.25, 0.3) is 0 Å². The lowest BCUT2D eigenvalue weighted by Crippen LogP contribution is -1.94. The number of nitrogens with zero attached hydrogens (tertiary/aromatic N) is 1.